The van der Waals surface area contributed by atoms with Crippen molar-refractivity contribution in [2.75, 3.05) is 11.4 Å². The summed E-state index contributed by atoms with van der Waals surface area (Å²) in [6, 6.07) is 8.98. The summed E-state index contributed by atoms with van der Waals surface area (Å²) in [6.45, 7) is 8.38. The van der Waals surface area contributed by atoms with Gasteiger partial charge in [0.05, 0.1) is 0 Å². The van der Waals surface area contributed by atoms with Gasteiger partial charge in [-0.3, -0.25) is 0 Å². The van der Waals surface area contributed by atoms with Crippen LogP contribution in [0.3, 0.4) is 0 Å². The molecule has 3 heterocycles. The Hall–Kier alpha value is -2.10. The van der Waals surface area contributed by atoms with Gasteiger partial charge in [-0.05, 0) is 36.2 Å². The molecule has 3 aromatic rings. The van der Waals surface area contributed by atoms with Crippen molar-refractivity contribution in [3.8, 4) is 0 Å². The van der Waals surface area contributed by atoms with E-state index in [1.807, 2.05) is 0 Å². The SMILES string of the molecule is CC1(C)CC2CC(C)(CN2c2ncnc3c2[nH]c2ccccc23)C1. The van der Waals surface area contributed by atoms with E-state index in [0.29, 0.717) is 16.9 Å². The Bertz CT molecular complexity index is 941. The van der Waals surface area contributed by atoms with E-state index in [-0.39, 0.29) is 0 Å². The Morgan fingerprint density at radius 3 is 2.83 bits per heavy atom. The van der Waals surface area contributed by atoms with Crippen molar-refractivity contribution < 1.29 is 0 Å². The highest BCUT2D eigenvalue weighted by Crippen LogP contribution is 2.53. The first-order chi connectivity index (χ1) is 11.4. The third kappa shape index (κ3) is 1.98. The molecule has 0 spiro atoms. The van der Waals surface area contributed by atoms with Crippen LogP contribution in [0.5, 0.6) is 0 Å². The number of para-hydroxylation sites is 1. The maximum Gasteiger partial charge on any atom is 0.156 e. The number of aromatic amines is 1. The van der Waals surface area contributed by atoms with E-state index in [2.05, 4.69) is 59.9 Å². The van der Waals surface area contributed by atoms with E-state index in [0.717, 1.165) is 28.9 Å². The number of hydrogen-bond acceptors (Lipinski definition) is 3. The number of nitrogens with zero attached hydrogens (tertiary/aromatic N) is 3. The first kappa shape index (κ1) is 14.3. The predicted octanol–water partition coefficient (Wildman–Crippen LogP) is 4.52. The molecular weight excluding hydrogens is 296 g/mol. The molecule has 2 atom stereocenters. The summed E-state index contributed by atoms with van der Waals surface area (Å²) in [5.74, 6) is 1.09. The van der Waals surface area contributed by atoms with Gasteiger partial charge in [0.25, 0.3) is 0 Å². The largest absolute Gasteiger partial charge is 0.351 e. The third-order valence-electron chi connectivity index (χ3n) is 5.96. The van der Waals surface area contributed by atoms with Crippen LogP contribution in [0.15, 0.2) is 30.6 Å². The summed E-state index contributed by atoms with van der Waals surface area (Å²) in [5, 5.41) is 1.19. The Morgan fingerprint density at radius 1 is 1.12 bits per heavy atom. The van der Waals surface area contributed by atoms with Crippen LogP contribution in [-0.2, 0) is 0 Å². The lowest BCUT2D eigenvalue weighted by molar-refractivity contribution is 0.136. The van der Waals surface area contributed by atoms with Crippen LogP contribution in [0, 0.1) is 10.8 Å². The van der Waals surface area contributed by atoms with E-state index >= 15 is 0 Å². The fourth-order valence-electron chi connectivity index (χ4n) is 5.55. The molecule has 2 bridgehead atoms. The molecule has 2 aliphatic rings. The molecule has 1 saturated carbocycles. The number of H-pyrrole nitrogens is 1. The standard InChI is InChI=1S/C20H24N4/c1-19(2)8-13-9-20(3,10-19)11-24(13)18-17-16(21-12-22-18)14-6-4-5-7-15(14)23-17/h4-7,12-13,23H,8-11H2,1-3H3. The Balaban J connectivity index is 1.68. The van der Waals surface area contributed by atoms with Gasteiger partial charge < -0.3 is 9.88 Å². The second kappa shape index (κ2) is 4.50. The predicted molar refractivity (Wildman–Crippen MR) is 98.3 cm³/mol. The molecule has 1 saturated heterocycles. The smallest absolute Gasteiger partial charge is 0.156 e. The van der Waals surface area contributed by atoms with Crippen LogP contribution < -0.4 is 4.90 Å². The lowest BCUT2D eigenvalue weighted by atomic mass is 9.65. The summed E-state index contributed by atoms with van der Waals surface area (Å²) >= 11 is 0. The van der Waals surface area contributed by atoms with E-state index in [4.69, 9.17) is 4.98 Å². The summed E-state index contributed by atoms with van der Waals surface area (Å²) in [6.07, 6.45) is 5.55. The zero-order valence-corrected chi connectivity index (χ0v) is 14.6. The highest BCUT2D eigenvalue weighted by Gasteiger charge is 2.50. The van der Waals surface area contributed by atoms with Crippen molar-refractivity contribution in [2.45, 2.75) is 46.1 Å². The summed E-state index contributed by atoms with van der Waals surface area (Å²) in [4.78, 5) is 15.4. The molecular formula is C20H24N4. The van der Waals surface area contributed by atoms with Crippen molar-refractivity contribution in [1.29, 1.82) is 0 Å². The van der Waals surface area contributed by atoms with E-state index in [1.54, 1.807) is 6.33 Å². The molecule has 2 fully saturated rings. The number of aromatic nitrogens is 3. The number of rotatable bonds is 1. The van der Waals surface area contributed by atoms with Gasteiger partial charge in [0.1, 0.15) is 17.4 Å². The molecule has 4 heteroatoms. The maximum atomic E-state index is 4.71. The Labute approximate surface area is 142 Å². The van der Waals surface area contributed by atoms with Crippen molar-refractivity contribution in [3.63, 3.8) is 0 Å². The van der Waals surface area contributed by atoms with Crippen LogP contribution in [0.25, 0.3) is 21.9 Å². The minimum Gasteiger partial charge on any atom is -0.351 e. The number of benzene rings is 1. The van der Waals surface area contributed by atoms with Gasteiger partial charge in [0.2, 0.25) is 0 Å². The molecule has 5 rings (SSSR count). The molecule has 4 nitrogen and oxygen atoms in total. The molecule has 124 valence electrons. The fourth-order valence-corrected chi connectivity index (χ4v) is 5.55. The highest BCUT2D eigenvalue weighted by atomic mass is 15.3. The quantitative estimate of drug-likeness (QED) is 0.717. The Kier molecular flexibility index (Phi) is 2.67. The van der Waals surface area contributed by atoms with E-state index in [1.165, 1.54) is 24.6 Å². The zero-order chi connectivity index (χ0) is 16.5. The average Bonchev–Trinajstić information content (AvgIpc) is 3.00. The normalized spacial score (nSPS) is 28.8. The lowest BCUT2D eigenvalue weighted by Gasteiger charge is -2.39. The average molecular weight is 320 g/mol. The summed E-state index contributed by atoms with van der Waals surface area (Å²) in [5.41, 5.74) is 4.09. The van der Waals surface area contributed by atoms with Gasteiger partial charge in [-0.1, -0.05) is 39.0 Å². The maximum absolute atomic E-state index is 4.71. The molecule has 24 heavy (non-hydrogen) atoms. The summed E-state index contributed by atoms with van der Waals surface area (Å²) in [7, 11) is 0. The second-order valence-electron chi connectivity index (χ2n) is 8.93. The van der Waals surface area contributed by atoms with E-state index < -0.39 is 0 Å². The second-order valence-corrected chi connectivity index (χ2v) is 8.93. The van der Waals surface area contributed by atoms with Crippen LogP contribution >= 0.6 is 0 Å². The van der Waals surface area contributed by atoms with Gasteiger partial charge >= 0.3 is 0 Å². The number of anilines is 1. The van der Waals surface area contributed by atoms with Gasteiger partial charge in [-0.2, -0.15) is 0 Å². The zero-order valence-electron chi connectivity index (χ0n) is 14.6. The number of nitrogens with one attached hydrogen (secondary N) is 1. The van der Waals surface area contributed by atoms with Crippen molar-refractivity contribution in [2.24, 2.45) is 10.8 Å². The molecule has 0 radical (unpaired) electrons. The first-order valence-corrected chi connectivity index (χ1v) is 8.92. The van der Waals surface area contributed by atoms with Crippen LogP contribution in [0.1, 0.15) is 40.0 Å². The lowest BCUT2D eigenvalue weighted by Crippen LogP contribution is -2.35. The molecule has 2 unspecified atom stereocenters. The van der Waals surface area contributed by atoms with Crippen molar-refractivity contribution in [1.82, 2.24) is 15.0 Å². The van der Waals surface area contributed by atoms with Crippen LogP contribution in [0.2, 0.25) is 0 Å². The minimum atomic E-state index is 0.399. The van der Waals surface area contributed by atoms with Crippen molar-refractivity contribution in [3.05, 3.63) is 30.6 Å². The minimum absolute atomic E-state index is 0.399. The third-order valence-corrected chi connectivity index (χ3v) is 5.96. The number of hydrogen-bond donors (Lipinski definition) is 1. The highest BCUT2D eigenvalue weighted by molar-refractivity contribution is 6.08. The Morgan fingerprint density at radius 2 is 1.96 bits per heavy atom. The van der Waals surface area contributed by atoms with Gasteiger partial charge in [-0.25, -0.2) is 9.97 Å². The first-order valence-electron chi connectivity index (χ1n) is 8.92. The summed E-state index contributed by atoms with van der Waals surface area (Å²) < 4.78 is 0. The van der Waals surface area contributed by atoms with Gasteiger partial charge in [-0.15, -0.1) is 0 Å². The van der Waals surface area contributed by atoms with Crippen LogP contribution in [0.4, 0.5) is 5.82 Å². The topological polar surface area (TPSA) is 44.8 Å². The molecule has 1 aliphatic carbocycles. The number of fused-ring (bicyclic) bond motifs is 5. The van der Waals surface area contributed by atoms with E-state index in [9.17, 15) is 0 Å². The van der Waals surface area contributed by atoms with Gasteiger partial charge in [0, 0.05) is 23.5 Å². The van der Waals surface area contributed by atoms with Crippen molar-refractivity contribution >= 4 is 27.8 Å². The monoisotopic (exact) mass is 320 g/mol. The molecule has 0 amide bonds. The molecule has 1 N–H and O–H groups in total. The van der Waals surface area contributed by atoms with Gasteiger partial charge in [0.15, 0.2) is 5.82 Å². The molecule has 2 aromatic heterocycles. The van der Waals surface area contributed by atoms with Crippen LogP contribution in [-0.4, -0.2) is 27.5 Å². The molecule has 1 aliphatic heterocycles. The molecule has 1 aromatic carbocycles. The fraction of sp³-hybridized carbons (Fsp3) is 0.500.